The van der Waals surface area contributed by atoms with Crippen LogP contribution in [0.5, 0.6) is 0 Å². The van der Waals surface area contributed by atoms with Crippen molar-refractivity contribution >= 4 is 16.1 Å². The van der Waals surface area contributed by atoms with Gasteiger partial charge in [-0.3, -0.25) is 0 Å². The zero-order valence-electron chi connectivity index (χ0n) is 20.8. The minimum absolute atomic E-state index is 0.0633. The van der Waals surface area contributed by atoms with E-state index >= 15 is 0 Å². The Hall–Kier alpha value is -1.64. The normalized spacial score (nSPS) is 20.7. The standard InChI is InChI=1S/C24H40N2O5S/c1-17(2)26(32(28,29)20-13-11-19(5)12-14-20)21-16-25(23(27)31-24(6,7)8)15-9-10-22(21)30-18(3)4/h11-14,17-18,21-22H,9-10,15-16H2,1-8H3/t21-,22-/m1/s1. The maximum absolute atomic E-state index is 13.8. The van der Waals surface area contributed by atoms with Crippen LogP contribution in [-0.4, -0.2) is 66.7 Å². The Balaban J connectivity index is 2.48. The second-order valence-electron chi connectivity index (χ2n) is 10.1. The van der Waals surface area contributed by atoms with Crippen LogP contribution in [0.15, 0.2) is 29.2 Å². The summed E-state index contributed by atoms with van der Waals surface area (Å²) in [6.07, 6.45) is 0.555. The van der Waals surface area contributed by atoms with Gasteiger partial charge in [0, 0.05) is 19.1 Å². The Morgan fingerprint density at radius 3 is 2.22 bits per heavy atom. The lowest BCUT2D eigenvalue weighted by molar-refractivity contribution is -0.0384. The monoisotopic (exact) mass is 468 g/mol. The van der Waals surface area contributed by atoms with Crippen molar-refractivity contribution in [1.29, 1.82) is 0 Å². The van der Waals surface area contributed by atoms with E-state index in [9.17, 15) is 13.2 Å². The molecule has 0 aromatic heterocycles. The predicted molar refractivity (Wildman–Crippen MR) is 126 cm³/mol. The second kappa shape index (κ2) is 10.5. The van der Waals surface area contributed by atoms with Crippen molar-refractivity contribution < 1.29 is 22.7 Å². The van der Waals surface area contributed by atoms with Crippen molar-refractivity contribution in [3.8, 4) is 0 Å². The number of rotatable bonds is 6. The molecule has 2 rings (SSSR count). The molecule has 1 aromatic carbocycles. The van der Waals surface area contributed by atoms with Crippen molar-refractivity contribution in [3.63, 3.8) is 0 Å². The van der Waals surface area contributed by atoms with Crippen LogP contribution < -0.4 is 0 Å². The zero-order chi connectivity index (χ0) is 24.3. The van der Waals surface area contributed by atoms with Crippen LogP contribution in [0, 0.1) is 6.92 Å². The molecule has 0 saturated carbocycles. The van der Waals surface area contributed by atoms with Gasteiger partial charge in [-0.1, -0.05) is 17.7 Å². The predicted octanol–water partition coefficient (Wildman–Crippen LogP) is 4.59. The number of hydrogen-bond acceptors (Lipinski definition) is 5. The van der Waals surface area contributed by atoms with Gasteiger partial charge in [-0.05, 0) is 80.4 Å². The number of aryl methyl sites for hydroxylation is 1. The molecule has 1 aliphatic rings. The summed E-state index contributed by atoms with van der Waals surface area (Å²) in [5, 5.41) is 0. The van der Waals surface area contributed by atoms with Crippen LogP contribution in [0.25, 0.3) is 0 Å². The number of carbonyl (C=O) groups excluding carboxylic acids is 1. The van der Waals surface area contributed by atoms with Crippen molar-refractivity contribution in [2.45, 2.75) is 103 Å². The molecule has 32 heavy (non-hydrogen) atoms. The minimum atomic E-state index is -3.81. The molecule has 1 fully saturated rings. The highest BCUT2D eigenvalue weighted by atomic mass is 32.2. The van der Waals surface area contributed by atoms with E-state index in [1.165, 1.54) is 4.31 Å². The van der Waals surface area contributed by atoms with Crippen molar-refractivity contribution in [2.75, 3.05) is 13.1 Å². The van der Waals surface area contributed by atoms with Crippen LogP contribution in [0.2, 0.25) is 0 Å². The van der Waals surface area contributed by atoms with Gasteiger partial charge in [0.15, 0.2) is 0 Å². The van der Waals surface area contributed by atoms with Crippen molar-refractivity contribution in [2.24, 2.45) is 0 Å². The summed E-state index contributed by atoms with van der Waals surface area (Å²) in [7, 11) is -3.81. The third-order valence-corrected chi connectivity index (χ3v) is 7.40. The topological polar surface area (TPSA) is 76.2 Å². The van der Waals surface area contributed by atoms with Crippen LogP contribution in [0.1, 0.15) is 66.9 Å². The SMILES string of the molecule is Cc1ccc(S(=O)(=O)N(C(C)C)[C@@H]2CN(C(=O)OC(C)(C)C)CCC[C@H]2OC(C)C)cc1. The molecule has 1 heterocycles. The number of ether oxygens (including phenoxy) is 2. The molecule has 1 aliphatic heterocycles. The minimum Gasteiger partial charge on any atom is -0.444 e. The van der Waals surface area contributed by atoms with Crippen molar-refractivity contribution in [3.05, 3.63) is 29.8 Å². The second-order valence-corrected chi connectivity index (χ2v) is 11.9. The molecule has 0 unspecified atom stereocenters. The summed E-state index contributed by atoms with van der Waals surface area (Å²) in [4.78, 5) is 14.8. The zero-order valence-corrected chi connectivity index (χ0v) is 21.6. The van der Waals surface area contributed by atoms with E-state index < -0.39 is 27.8 Å². The van der Waals surface area contributed by atoms with E-state index in [1.54, 1.807) is 29.2 Å². The molecule has 1 amide bonds. The Kier molecular flexibility index (Phi) is 8.76. The van der Waals surface area contributed by atoms with Gasteiger partial charge in [-0.25, -0.2) is 13.2 Å². The molecule has 1 saturated heterocycles. The first kappa shape index (κ1) is 26.6. The molecule has 182 valence electrons. The van der Waals surface area contributed by atoms with Gasteiger partial charge in [-0.2, -0.15) is 4.31 Å². The highest BCUT2D eigenvalue weighted by Crippen LogP contribution is 2.29. The summed E-state index contributed by atoms with van der Waals surface area (Å²) >= 11 is 0. The third-order valence-electron chi connectivity index (χ3n) is 5.28. The first-order valence-corrected chi connectivity index (χ1v) is 12.9. The van der Waals surface area contributed by atoms with Crippen LogP contribution in [0.4, 0.5) is 4.79 Å². The summed E-state index contributed by atoms with van der Waals surface area (Å²) in [6.45, 7) is 15.7. The largest absolute Gasteiger partial charge is 0.444 e. The Bertz CT molecular complexity index is 859. The molecule has 2 atom stereocenters. The van der Waals surface area contributed by atoms with Gasteiger partial charge in [0.25, 0.3) is 0 Å². The van der Waals surface area contributed by atoms with E-state index in [2.05, 4.69) is 0 Å². The third kappa shape index (κ3) is 6.93. The maximum atomic E-state index is 13.8. The lowest BCUT2D eigenvalue weighted by Crippen LogP contribution is -2.56. The number of amides is 1. The summed E-state index contributed by atoms with van der Waals surface area (Å²) in [5.74, 6) is 0. The average molecular weight is 469 g/mol. The van der Waals surface area contributed by atoms with Crippen molar-refractivity contribution in [1.82, 2.24) is 9.21 Å². The number of carbonyl (C=O) groups is 1. The quantitative estimate of drug-likeness (QED) is 0.610. The van der Waals surface area contributed by atoms with E-state index in [4.69, 9.17) is 9.47 Å². The molecule has 0 radical (unpaired) electrons. The fourth-order valence-electron chi connectivity index (χ4n) is 4.03. The summed E-state index contributed by atoms with van der Waals surface area (Å²) in [5.41, 5.74) is 0.366. The Morgan fingerprint density at radius 2 is 1.72 bits per heavy atom. The maximum Gasteiger partial charge on any atom is 0.410 e. The first-order valence-electron chi connectivity index (χ1n) is 11.5. The molecule has 0 bridgehead atoms. The van der Waals surface area contributed by atoms with E-state index in [0.717, 1.165) is 5.56 Å². The Labute approximate surface area is 194 Å². The van der Waals surface area contributed by atoms with Crippen LogP contribution >= 0.6 is 0 Å². The lowest BCUT2D eigenvalue weighted by atomic mass is 10.1. The van der Waals surface area contributed by atoms with Gasteiger partial charge in [0.1, 0.15) is 5.60 Å². The molecule has 0 spiro atoms. The molecule has 8 heteroatoms. The van der Waals surface area contributed by atoms with Gasteiger partial charge in [0.05, 0.1) is 23.1 Å². The average Bonchev–Trinajstić information content (AvgIpc) is 2.83. The Morgan fingerprint density at radius 1 is 1.12 bits per heavy atom. The van der Waals surface area contributed by atoms with Gasteiger partial charge in [0.2, 0.25) is 10.0 Å². The molecule has 0 aliphatic carbocycles. The summed E-state index contributed by atoms with van der Waals surface area (Å²) in [6, 6.07) is 6.03. The lowest BCUT2D eigenvalue weighted by Gasteiger charge is -2.39. The molecular weight excluding hydrogens is 428 g/mol. The fraction of sp³-hybridized carbons (Fsp3) is 0.708. The van der Waals surface area contributed by atoms with Crippen LogP contribution in [-0.2, 0) is 19.5 Å². The molecule has 1 aromatic rings. The fourth-order valence-corrected chi connectivity index (χ4v) is 5.86. The number of nitrogens with zero attached hydrogens (tertiary/aromatic N) is 2. The highest BCUT2D eigenvalue weighted by molar-refractivity contribution is 7.89. The van der Waals surface area contributed by atoms with E-state index in [0.29, 0.717) is 19.4 Å². The van der Waals surface area contributed by atoms with E-state index in [-0.39, 0.29) is 29.7 Å². The van der Waals surface area contributed by atoms with Crippen LogP contribution in [0.3, 0.4) is 0 Å². The van der Waals surface area contributed by atoms with E-state index in [1.807, 2.05) is 55.4 Å². The molecular formula is C24H40N2O5S. The van der Waals surface area contributed by atoms with Gasteiger partial charge >= 0.3 is 6.09 Å². The number of hydrogen-bond donors (Lipinski definition) is 0. The number of likely N-dealkylation sites (tertiary alicyclic amines) is 1. The smallest absolute Gasteiger partial charge is 0.410 e. The van der Waals surface area contributed by atoms with Gasteiger partial charge in [-0.15, -0.1) is 0 Å². The number of benzene rings is 1. The van der Waals surface area contributed by atoms with Gasteiger partial charge < -0.3 is 14.4 Å². The first-order chi connectivity index (χ1) is 14.7. The molecule has 0 N–H and O–H groups in total. The molecule has 7 nitrogen and oxygen atoms in total. The number of sulfonamides is 1. The summed E-state index contributed by atoms with van der Waals surface area (Å²) < 4.78 is 40.9. The highest BCUT2D eigenvalue weighted by Gasteiger charge is 2.42.